The molecule has 1 aliphatic heterocycles. The summed E-state index contributed by atoms with van der Waals surface area (Å²) in [5, 5.41) is 2.77. The second kappa shape index (κ2) is 8.26. The number of unbranched alkanes of at least 4 members (excludes halogenated alkanes) is 1. The summed E-state index contributed by atoms with van der Waals surface area (Å²) in [4.78, 5) is 13.0. The van der Waals surface area contributed by atoms with Gasteiger partial charge in [-0.25, -0.2) is 4.79 Å². The lowest BCUT2D eigenvalue weighted by Crippen LogP contribution is -2.34. The van der Waals surface area contributed by atoms with Crippen molar-refractivity contribution in [2.75, 3.05) is 17.7 Å². The molecule has 1 N–H and O–H groups in total. The monoisotopic (exact) mass is 385 g/mol. The number of hydrogen-bond donors (Lipinski definition) is 1. The van der Waals surface area contributed by atoms with Gasteiger partial charge < -0.3 is 9.47 Å². The molecule has 0 bridgehead atoms. The number of benzene rings is 2. The summed E-state index contributed by atoms with van der Waals surface area (Å²) in [6.45, 7) is 8.58. The van der Waals surface area contributed by atoms with E-state index >= 15 is 0 Å². The molecule has 0 fully saturated rings. The van der Waals surface area contributed by atoms with E-state index in [2.05, 4.69) is 36.5 Å². The van der Waals surface area contributed by atoms with Crippen molar-refractivity contribution in [2.45, 2.75) is 51.0 Å². The zero-order chi connectivity index (χ0) is 19.4. The maximum absolute atomic E-state index is 11.7. The van der Waals surface area contributed by atoms with E-state index in [1.165, 1.54) is 10.5 Å². The third kappa shape index (κ3) is 4.98. The first-order valence-corrected chi connectivity index (χ1v) is 10.3. The summed E-state index contributed by atoms with van der Waals surface area (Å²) in [5.41, 5.74) is 3.39. The molecule has 0 saturated heterocycles. The van der Waals surface area contributed by atoms with Crippen molar-refractivity contribution in [3.05, 3.63) is 53.1 Å². The van der Waals surface area contributed by atoms with Gasteiger partial charge in [-0.1, -0.05) is 17.7 Å². The molecule has 5 heteroatoms. The summed E-state index contributed by atoms with van der Waals surface area (Å²) in [6.07, 6.45) is 1.70. The predicted octanol–water partition coefficient (Wildman–Crippen LogP) is 6.05. The number of fused-ring (bicyclic) bond motifs is 1. The van der Waals surface area contributed by atoms with Crippen LogP contribution in [0, 0.1) is 13.8 Å². The van der Waals surface area contributed by atoms with Crippen LogP contribution in [-0.4, -0.2) is 18.5 Å². The highest BCUT2D eigenvalue weighted by Gasteiger charge is 2.34. The number of carbonyl (C=O) groups excluding carboxylic acids is 1. The van der Waals surface area contributed by atoms with Gasteiger partial charge in [0.25, 0.3) is 0 Å². The Labute approximate surface area is 165 Å². The zero-order valence-electron chi connectivity index (χ0n) is 16.4. The van der Waals surface area contributed by atoms with E-state index in [4.69, 9.17) is 9.47 Å². The predicted molar refractivity (Wildman–Crippen MR) is 111 cm³/mol. The molecule has 1 heterocycles. The van der Waals surface area contributed by atoms with E-state index in [0.29, 0.717) is 6.61 Å². The summed E-state index contributed by atoms with van der Waals surface area (Å²) >= 11 is 1.88. The number of ether oxygens (including phenoxy) is 2. The van der Waals surface area contributed by atoms with Gasteiger partial charge in [0.15, 0.2) is 0 Å². The third-order valence-corrected chi connectivity index (χ3v) is 5.73. The first kappa shape index (κ1) is 19.6. The van der Waals surface area contributed by atoms with E-state index < -0.39 is 11.7 Å². The van der Waals surface area contributed by atoms with Crippen LogP contribution >= 0.6 is 11.8 Å². The number of amides is 1. The van der Waals surface area contributed by atoms with Crippen LogP contribution in [0.4, 0.5) is 10.5 Å². The van der Waals surface area contributed by atoms with Crippen molar-refractivity contribution >= 4 is 23.5 Å². The molecule has 1 amide bonds. The van der Waals surface area contributed by atoms with Crippen molar-refractivity contribution in [3.8, 4) is 5.75 Å². The highest BCUT2D eigenvalue weighted by atomic mass is 32.2. The van der Waals surface area contributed by atoms with Crippen LogP contribution in [-0.2, 0) is 10.3 Å². The molecular formula is C22H27NO3S. The van der Waals surface area contributed by atoms with Gasteiger partial charge in [0.1, 0.15) is 11.4 Å². The first-order valence-electron chi connectivity index (χ1n) is 9.32. The maximum atomic E-state index is 11.7. The lowest BCUT2D eigenvalue weighted by atomic mass is 9.93. The number of nitrogens with one attached hydrogen (secondary N) is 1. The van der Waals surface area contributed by atoms with Crippen LogP contribution in [0.5, 0.6) is 5.75 Å². The van der Waals surface area contributed by atoms with Gasteiger partial charge in [0, 0.05) is 10.5 Å². The molecule has 4 nitrogen and oxygen atoms in total. The standard InChI is InChI=1S/C22H27NO3S/c1-15-7-9-17(10-8-15)27-12-6-5-11-25-20-14-18-19(13-16(20)2)23-21(24)26-22(18,3)4/h7-10,13-14H,5-6,11-12H2,1-4H3,(H,23,24). The topological polar surface area (TPSA) is 47.6 Å². The number of hydrogen-bond acceptors (Lipinski definition) is 4. The van der Waals surface area contributed by atoms with E-state index in [9.17, 15) is 4.79 Å². The van der Waals surface area contributed by atoms with Gasteiger partial charge in [0.05, 0.1) is 12.3 Å². The van der Waals surface area contributed by atoms with Gasteiger partial charge in [-0.15, -0.1) is 11.8 Å². The fourth-order valence-electron chi connectivity index (χ4n) is 3.08. The van der Waals surface area contributed by atoms with Crippen LogP contribution in [0.25, 0.3) is 0 Å². The molecule has 3 rings (SSSR count). The fourth-order valence-corrected chi connectivity index (χ4v) is 3.99. The Morgan fingerprint density at radius 2 is 1.85 bits per heavy atom. The van der Waals surface area contributed by atoms with E-state index in [-0.39, 0.29) is 0 Å². The third-order valence-electron chi connectivity index (χ3n) is 4.63. The normalized spacial score (nSPS) is 14.9. The maximum Gasteiger partial charge on any atom is 0.412 e. The lowest BCUT2D eigenvalue weighted by Gasteiger charge is -2.33. The van der Waals surface area contributed by atoms with Crippen molar-refractivity contribution in [2.24, 2.45) is 0 Å². The minimum absolute atomic E-state index is 0.411. The molecule has 0 aromatic heterocycles. The van der Waals surface area contributed by atoms with Crippen LogP contribution in [0.2, 0.25) is 0 Å². The Morgan fingerprint density at radius 3 is 2.59 bits per heavy atom. The molecule has 0 radical (unpaired) electrons. The van der Waals surface area contributed by atoms with Crippen molar-refractivity contribution in [1.29, 1.82) is 0 Å². The summed E-state index contributed by atoms with van der Waals surface area (Å²) in [5.74, 6) is 1.94. The molecule has 0 aliphatic carbocycles. The number of carbonyl (C=O) groups is 1. The smallest absolute Gasteiger partial charge is 0.412 e. The second-order valence-electron chi connectivity index (χ2n) is 7.41. The molecule has 0 saturated carbocycles. The molecule has 2 aromatic carbocycles. The van der Waals surface area contributed by atoms with E-state index in [1.807, 2.05) is 44.7 Å². The first-order chi connectivity index (χ1) is 12.8. The number of thioether (sulfide) groups is 1. The molecule has 27 heavy (non-hydrogen) atoms. The fraction of sp³-hybridized carbons (Fsp3) is 0.409. The van der Waals surface area contributed by atoms with Crippen molar-refractivity contribution in [3.63, 3.8) is 0 Å². The van der Waals surface area contributed by atoms with E-state index in [1.54, 1.807) is 0 Å². The summed E-state index contributed by atoms with van der Waals surface area (Å²) < 4.78 is 11.4. The molecule has 2 aromatic rings. The number of cyclic esters (lactones) is 1. The van der Waals surface area contributed by atoms with Gasteiger partial charge in [-0.05, 0) is 76.1 Å². The lowest BCUT2D eigenvalue weighted by molar-refractivity contribution is 0.0418. The SMILES string of the molecule is Cc1ccc(SCCCCOc2cc3c(cc2C)NC(=O)OC3(C)C)cc1. The van der Waals surface area contributed by atoms with Crippen molar-refractivity contribution < 1.29 is 14.3 Å². The molecule has 0 unspecified atom stereocenters. The van der Waals surface area contributed by atoms with Gasteiger partial charge in [-0.2, -0.15) is 0 Å². The van der Waals surface area contributed by atoms with Gasteiger partial charge >= 0.3 is 6.09 Å². The Morgan fingerprint density at radius 1 is 1.11 bits per heavy atom. The average molecular weight is 386 g/mol. The van der Waals surface area contributed by atoms with Crippen LogP contribution in [0.1, 0.15) is 43.4 Å². The largest absolute Gasteiger partial charge is 0.493 e. The Bertz CT molecular complexity index is 815. The second-order valence-corrected chi connectivity index (χ2v) is 8.57. The molecule has 144 valence electrons. The molecule has 1 aliphatic rings. The Hall–Kier alpha value is -2.14. The molecule has 0 atom stereocenters. The minimum atomic E-state index is -0.659. The average Bonchev–Trinajstić information content (AvgIpc) is 2.59. The van der Waals surface area contributed by atoms with E-state index in [0.717, 1.165) is 41.2 Å². The Balaban J connectivity index is 1.50. The number of rotatable bonds is 7. The Kier molecular flexibility index (Phi) is 6.00. The highest BCUT2D eigenvalue weighted by Crippen LogP contribution is 2.39. The van der Waals surface area contributed by atoms with Crippen LogP contribution < -0.4 is 10.1 Å². The summed E-state index contributed by atoms with van der Waals surface area (Å²) in [6, 6.07) is 12.6. The van der Waals surface area contributed by atoms with Crippen LogP contribution in [0.3, 0.4) is 0 Å². The number of aryl methyl sites for hydroxylation is 2. The quantitative estimate of drug-likeness (QED) is 0.465. The summed E-state index contributed by atoms with van der Waals surface area (Å²) in [7, 11) is 0. The molecule has 0 spiro atoms. The number of anilines is 1. The van der Waals surface area contributed by atoms with Gasteiger partial charge in [0.2, 0.25) is 0 Å². The molecular weight excluding hydrogens is 358 g/mol. The van der Waals surface area contributed by atoms with Crippen molar-refractivity contribution in [1.82, 2.24) is 0 Å². The van der Waals surface area contributed by atoms with Crippen LogP contribution in [0.15, 0.2) is 41.3 Å². The minimum Gasteiger partial charge on any atom is -0.493 e. The zero-order valence-corrected chi connectivity index (χ0v) is 17.2. The van der Waals surface area contributed by atoms with Gasteiger partial charge in [-0.3, -0.25) is 5.32 Å². The highest BCUT2D eigenvalue weighted by molar-refractivity contribution is 7.99.